The Morgan fingerprint density at radius 2 is 1.71 bits per heavy atom. The number of rotatable bonds is 10. The Kier molecular flexibility index (Phi) is 8.52. The van der Waals surface area contributed by atoms with Gasteiger partial charge in [0, 0.05) is 23.5 Å². The predicted octanol–water partition coefficient (Wildman–Crippen LogP) is 4.21. The molecule has 1 saturated carbocycles. The van der Waals surface area contributed by atoms with Crippen LogP contribution in [0.1, 0.15) is 48.0 Å². The van der Waals surface area contributed by atoms with E-state index in [2.05, 4.69) is 5.32 Å². The lowest BCUT2D eigenvalue weighted by Gasteiger charge is -2.18. The average Bonchev–Trinajstić information content (AvgIpc) is 3.28. The Bertz CT molecular complexity index is 1090. The van der Waals surface area contributed by atoms with Gasteiger partial charge in [-0.1, -0.05) is 53.5 Å². The molecule has 0 bridgehead atoms. The Balaban J connectivity index is 1.62. The summed E-state index contributed by atoms with van der Waals surface area (Å²) in [5.74, 6) is -3.35. The number of benzene rings is 2. The van der Waals surface area contributed by atoms with E-state index in [9.17, 15) is 24.3 Å². The lowest BCUT2D eigenvalue weighted by atomic mass is 10.0. The number of ketones is 1. The summed E-state index contributed by atoms with van der Waals surface area (Å²) in [6.45, 7) is 0. The van der Waals surface area contributed by atoms with Gasteiger partial charge in [-0.3, -0.25) is 14.4 Å². The van der Waals surface area contributed by atoms with Crippen LogP contribution in [-0.2, 0) is 14.4 Å². The van der Waals surface area contributed by atoms with Crippen LogP contribution < -0.4 is 10.1 Å². The van der Waals surface area contributed by atoms with E-state index in [0.717, 1.165) is 0 Å². The summed E-state index contributed by atoms with van der Waals surface area (Å²) in [5.41, 5.74) is 0.719. The molecule has 34 heavy (non-hydrogen) atoms. The van der Waals surface area contributed by atoms with Crippen molar-refractivity contribution < 1.29 is 34.1 Å². The highest BCUT2D eigenvalue weighted by molar-refractivity contribution is 6.45. The minimum absolute atomic E-state index is 0.0723. The number of carboxylic acids is 2. The van der Waals surface area contributed by atoms with Gasteiger partial charge in [-0.05, 0) is 37.8 Å². The van der Waals surface area contributed by atoms with Gasteiger partial charge in [-0.15, -0.1) is 0 Å². The largest absolute Gasteiger partial charge is 0.489 e. The lowest BCUT2D eigenvalue weighted by Crippen LogP contribution is -2.43. The Morgan fingerprint density at radius 1 is 1.00 bits per heavy atom. The maximum absolute atomic E-state index is 12.7. The van der Waals surface area contributed by atoms with Crippen LogP contribution in [-0.4, -0.2) is 46.0 Å². The molecule has 0 aliphatic heterocycles. The van der Waals surface area contributed by atoms with Crippen molar-refractivity contribution in [1.82, 2.24) is 5.32 Å². The molecule has 2 aromatic carbocycles. The number of ether oxygens (including phenoxy) is 1. The fourth-order valence-corrected chi connectivity index (χ4v) is 4.27. The SMILES string of the molecule is O=C(O)CCC(NC(=O)[C@@H]1CC[C@@H](Oc2ccc(C(=O)c3ccccc3)c(Cl)c2Cl)C1)C(=O)O. The standard InChI is InChI=1S/C24H23Cl2NO7/c25-20-16(22(30)13-4-2-1-3-5-13)8-10-18(21(20)26)34-15-7-6-14(12-15)23(31)27-17(24(32)33)9-11-19(28)29/h1-5,8,10,14-15,17H,6-7,9,11-12H2,(H,27,31)(H,28,29)(H,32,33)/t14-,15-,17?/m1/s1. The number of halogens is 2. The van der Waals surface area contributed by atoms with E-state index >= 15 is 0 Å². The van der Waals surface area contributed by atoms with E-state index < -0.39 is 29.8 Å². The van der Waals surface area contributed by atoms with Crippen molar-refractivity contribution in [3.05, 3.63) is 63.6 Å². The van der Waals surface area contributed by atoms with Crippen LogP contribution in [0, 0.1) is 5.92 Å². The molecule has 10 heteroatoms. The lowest BCUT2D eigenvalue weighted by molar-refractivity contribution is -0.143. The first-order valence-corrected chi connectivity index (χ1v) is 11.4. The number of carbonyl (C=O) groups is 4. The van der Waals surface area contributed by atoms with E-state index in [1.165, 1.54) is 6.07 Å². The van der Waals surface area contributed by atoms with Crippen molar-refractivity contribution in [3.63, 3.8) is 0 Å². The Hall–Kier alpha value is -3.10. The second-order valence-corrected chi connectivity index (χ2v) is 8.77. The number of carbonyl (C=O) groups excluding carboxylic acids is 2. The van der Waals surface area contributed by atoms with Gasteiger partial charge in [-0.2, -0.15) is 0 Å². The van der Waals surface area contributed by atoms with Crippen LogP contribution in [0.5, 0.6) is 5.75 Å². The summed E-state index contributed by atoms with van der Waals surface area (Å²) in [6, 6.07) is 10.5. The molecule has 8 nitrogen and oxygen atoms in total. The molecule has 1 amide bonds. The molecule has 0 heterocycles. The quantitative estimate of drug-likeness (QED) is 0.410. The third-order valence-corrected chi connectivity index (χ3v) is 6.50. The summed E-state index contributed by atoms with van der Waals surface area (Å²) in [4.78, 5) is 47.3. The summed E-state index contributed by atoms with van der Waals surface area (Å²) in [7, 11) is 0. The van der Waals surface area contributed by atoms with E-state index in [4.69, 9.17) is 33.0 Å². The molecule has 0 radical (unpaired) electrons. The summed E-state index contributed by atoms with van der Waals surface area (Å²) < 4.78 is 5.94. The molecular formula is C24H23Cl2NO7. The first-order valence-electron chi connectivity index (χ1n) is 10.7. The molecule has 2 aromatic rings. The fraction of sp³-hybridized carbons (Fsp3) is 0.333. The smallest absolute Gasteiger partial charge is 0.326 e. The molecule has 3 rings (SSSR count). The molecule has 0 saturated heterocycles. The molecule has 3 atom stereocenters. The van der Waals surface area contributed by atoms with Crippen LogP contribution in [0.15, 0.2) is 42.5 Å². The van der Waals surface area contributed by atoms with Gasteiger partial charge >= 0.3 is 11.9 Å². The number of hydrogen-bond donors (Lipinski definition) is 3. The van der Waals surface area contributed by atoms with Crippen LogP contribution in [0.2, 0.25) is 10.0 Å². The minimum atomic E-state index is -1.29. The van der Waals surface area contributed by atoms with Crippen LogP contribution in [0.4, 0.5) is 0 Å². The molecular weight excluding hydrogens is 485 g/mol. The molecule has 180 valence electrons. The number of nitrogens with one attached hydrogen (secondary N) is 1. The normalized spacial score (nSPS) is 18.2. The zero-order chi connectivity index (χ0) is 24.8. The second-order valence-electron chi connectivity index (χ2n) is 8.02. The topological polar surface area (TPSA) is 130 Å². The van der Waals surface area contributed by atoms with Gasteiger partial charge in [0.15, 0.2) is 5.78 Å². The third-order valence-electron chi connectivity index (χ3n) is 5.64. The van der Waals surface area contributed by atoms with E-state index in [1.807, 2.05) is 0 Å². The average molecular weight is 508 g/mol. The zero-order valence-electron chi connectivity index (χ0n) is 18.0. The Labute approximate surface area is 205 Å². The first kappa shape index (κ1) is 25.5. The summed E-state index contributed by atoms with van der Waals surface area (Å²) >= 11 is 12.7. The number of aliphatic carboxylic acids is 2. The minimum Gasteiger partial charge on any atom is -0.489 e. The third kappa shape index (κ3) is 6.27. The van der Waals surface area contributed by atoms with Gasteiger partial charge in [0.2, 0.25) is 5.91 Å². The maximum atomic E-state index is 12.7. The molecule has 0 aromatic heterocycles. The highest BCUT2D eigenvalue weighted by Gasteiger charge is 2.34. The number of hydrogen-bond acceptors (Lipinski definition) is 5. The fourth-order valence-electron chi connectivity index (χ4n) is 3.82. The zero-order valence-corrected chi connectivity index (χ0v) is 19.5. The molecule has 1 aliphatic carbocycles. The van der Waals surface area contributed by atoms with E-state index in [0.29, 0.717) is 24.8 Å². The van der Waals surface area contributed by atoms with Gasteiger partial charge in [0.25, 0.3) is 0 Å². The van der Waals surface area contributed by atoms with E-state index in [-0.39, 0.29) is 46.1 Å². The maximum Gasteiger partial charge on any atom is 0.326 e. The van der Waals surface area contributed by atoms with Gasteiger partial charge < -0.3 is 20.3 Å². The van der Waals surface area contributed by atoms with Crippen LogP contribution >= 0.6 is 23.2 Å². The highest BCUT2D eigenvalue weighted by Crippen LogP contribution is 2.38. The molecule has 1 fully saturated rings. The number of amides is 1. The Morgan fingerprint density at radius 3 is 2.35 bits per heavy atom. The molecule has 3 N–H and O–H groups in total. The highest BCUT2D eigenvalue weighted by atomic mass is 35.5. The van der Waals surface area contributed by atoms with Crippen molar-refractivity contribution in [2.75, 3.05) is 0 Å². The van der Waals surface area contributed by atoms with Gasteiger partial charge in [-0.25, -0.2) is 4.79 Å². The van der Waals surface area contributed by atoms with Gasteiger partial charge in [0.05, 0.1) is 11.1 Å². The van der Waals surface area contributed by atoms with Gasteiger partial charge in [0.1, 0.15) is 16.8 Å². The second kappa shape index (κ2) is 11.4. The molecule has 1 aliphatic rings. The van der Waals surface area contributed by atoms with Crippen molar-refractivity contribution in [2.24, 2.45) is 5.92 Å². The van der Waals surface area contributed by atoms with Crippen molar-refractivity contribution in [2.45, 2.75) is 44.2 Å². The monoisotopic (exact) mass is 507 g/mol. The van der Waals surface area contributed by atoms with Crippen LogP contribution in [0.25, 0.3) is 0 Å². The van der Waals surface area contributed by atoms with E-state index in [1.54, 1.807) is 36.4 Å². The van der Waals surface area contributed by atoms with Crippen molar-refractivity contribution >= 4 is 46.8 Å². The van der Waals surface area contributed by atoms with Crippen molar-refractivity contribution in [1.29, 1.82) is 0 Å². The molecule has 1 unspecified atom stereocenters. The summed E-state index contributed by atoms with van der Waals surface area (Å²) in [6.07, 6.45) is 0.403. The van der Waals surface area contributed by atoms with Crippen molar-refractivity contribution in [3.8, 4) is 5.75 Å². The summed E-state index contributed by atoms with van der Waals surface area (Å²) in [5, 5.41) is 20.6. The first-order chi connectivity index (χ1) is 16.2. The van der Waals surface area contributed by atoms with Crippen LogP contribution in [0.3, 0.4) is 0 Å². The predicted molar refractivity (Wildman–Crippen MR) is 125 cm³/mol. The molecule has 0 spiro atoms. The number of carboxylic acid groups (broad SMARTS) is 2.